The fraction of sp³-hybridized carbons (Fsp3) is 0.625. The van der Waals surface area contributed by atoms with Crippen LogP contribution in [0, 0.1) is 5.41 Å². The largest absolute Gasteiger partial charge is 0.494 e. The highest BCUT2D eigenvalue weighted by Crippen LogP contribution is 2.35. The van der Waals surface area contributed by atoms with Crippen LogP contribution in [0.25, 0.3) is 0 Å². The first-order chi connectivity index (χ1) is 10.5. The molecule has 2 rings (SSSR count). The van der Waals surface area contributed by atoms with Crippen LogP contribution < -0.4 is 9.46 Å². The Kier molecular flexibility index (Phi) is 5.83. The van der Waals surface area contributed by atoms with Crippen LogP contribution in [0.15, 0.2) is 29.2 Å². The van der Waals surface area contributed by atoms with E-state index >= 15 is 0 Å². The maximum absolute atomic E-state index is 12.4. The Bertz CT molecular complexity index is 562. The Morgan fingerprint density at radius 1 is 1.18 bits per heavy atom. The smallest absolute Gasteiger partial charge is 0.240 e. The molecule has 124 valence electrons. The quantitative estimate of drug-likeness (QED) is 0.806. The minimum Gasteiger partial charge on any atom is -0.494 e. The summed E-state index contributed by atoms with van der Waals surface area (Å²) in [6.45, 7) is 2.74. The van der Waals surface area contributed by atoms with Gasteiger partial charge in [-0.3, -0.25) is 0 Å². The van der Waals surface area contributed by atoms with Gasteiger partial charge in [0.05, 0.1) is 11.5 Å². The van der Waals surface area contributed by atoms with E-state index in [0.717, 1.165) is 32.1 Å². The number of hydrogen-bond donors (Lipinski definition) is 2. The zero-order valence-corrected chi connectivity index (χ0v) is 13.9. The lowest BCUT2D eigenvalue weighted by Gasteiger charge is -2.35. The first kappa shape index (κ1) is 17.2. The van der Waals surface area contributed by atoms with Crippen LogP contribution in [-0.4, -0.2) is 33.3 Å². The molecule has 0 atom stereocenters. The van der Waals surface area contributed by atoms with Crippen molar-refractivity contribution in [2.24, 2.45) is 5.41 Å². The summed E-state index contributed by atoms with van der Waals surface area (Å²) in [5.74, 6) is 0.653. The molecule has 2 N–H and O–H groups in total. The first-order valence-corrected chi connectivity index (χ1v) is 9.33. The molecule has 1 aromatic rings. The van der Waals surface area contributed by atoms with Crippen molar-refractivity contribution in [1.82, 2.24) is 4.72 Å². The van der Waals surface area contributed by atoms with Gasteiger partial charge in [0.25, 0.3) is 0 Å². The van der Waals surface area contributed by atoms with E-state index < -0.39 is 10.0 Å². The van der Waals surface area contributed by atoms with Crippen LogP contribution in [0.1, 0.15) is 39.0 Å². The fourth-order valence-electron chi connectivity index (χ4n) is 2.91. The highest BCUT2D eigenvalue weighted by atomic mass is 32.2. The average Bonchev–Trinajstić information content (AvgIpc) is 2.55. The van der Waals surface area contributed by atoms with Gasteiger partial charge in [-0.2, -0.15) is 0 Å². The van der Waals surface area contributed by atoms with E-state index in [1.54, 1.807) is 24.3 Å². The second-order valence-electron chi connectivity index (χ2n) is 5.95. The van der Waals surface area contributed by atoms with Crippen molar-refractivity contribution < 1.29 is 18.3 Å². The lowest BCUT2D eigenvalue weighted by atomic mass is 9.75. The molecule has 1 aliphatic carbocycles. The molecule has 22 heavy (non-hydrogen) atoms. The van der Waals surface area contributed by atoms with Gasteiger partial charge in [-0.25, -0.2) is 13.1 Å². The van der Waals surface area contributed by atoms with Crippen LogP contribution in [0.4, 0.5) is 0 Å². The van der Waals surface area contributed by atoms with Crippen LogP contribution >= 0.6 is 0 Å². The van der Waals surface area contributed by atoms with Gasteiger partial charge in [0.15, 0.2) is 0 Å². The van der Waals surface area contributed by atoms with E-state index in [2.05, 4.69) is 4.72 Å². The highest BCUT2D eigenvalue weighted by Gasteiger charge is 2.32. The SMILES string of the molecule is CCOc1ccc(S(=O)(=O)NCC2(CO)CCCCC2)cc1. The Labute approximate surface area is 132 Å². The van der Waals surface area contributed by atoms with E-state index in [9.17, 15) is 13.5 Å². The average molecular weight is 327 g/mol. The number of ether oxygens (including phenoxy) is 1. The molecule has 0 aromatic heterocycles. The zero-order chi connectivity index (χ0) is 16.1. The van der Waals surface area contributed by atoms with Gasteiger partial charge in [0.1, 0.15) is 5.75 Å². The topological polar surface area (TPSA) is 75.6 Å². The van der Waals surface area contributed by atoms with Gasteiger partial charge < -0.3 is 9.84 Å². The highest BCUT2D eigenvalue weighted by molar-refractivity contribution is 7.89. The second kappa shape index (κ2) is 7.44. The molecule has 1 fully saturated rings. The van der Waals surface area contributed by atoms with Crippen LogP contribution in [0.2, 0.25) is 0 Å². The maximum Gasteiger partial charge on any atom is 0.240 e. The Morgan fingerprint density at radius 3 is 2.36 bits per heavy atom. The summed E-state index contributed by atoms with van der Waals surface area (Å²) in [6.07, 6.45) is 4.99. The number of aliphatic hydroxyl groups is 1. The van der Waals surface area contributed by atoms with Crippen molar-refractivity contribution in [3.8, 4) is 5.75 Å². The molecule has 0 heterocycles. The van der Waals surface area contributed by atoms with Crippen LogP contribution in [-0.2, 0) is 10.0 Å². The summed E-state index contributed by atoms with van der Waals surface area (Å²) in [4.78, 5) is 0.222. The standard InChI is InChI=1S/C16H25NO4S/c1-2-21-14-6-8-15(9-7-14)22(19,20)17-12-16(13-18)10-4-3-5-11-16/h6-9,17-18H,2-5,10-13H2,1H3. The normalized spacial score (nSPS) is 18.1. The van der Waals surface area contributed by atoms with Crippen molar-refractivity contribution >= 4 is 10.0 Å². The predicted octanol–water partition coefficient (Wildman–Crippen LogP) is 2.31. The summed E-state index contributed by atoms with van der Waals surface area (Å²) < 4.78 is 32.7. The van der Waals surface area contributed by atoms with Gasteiger partial charge in [0.2, 0.25) is 10.0 Å². The van der Waals surface area contributed by atoms with Crippen molar-refractivity contribution in [3.05, 3.63) is 24.3 Å². The summed E-state index contributed by atoms with van der Waals surface area (Å²) >= 11 is 0. The number of hydrogen-bond acceptors (Lipinski definition) is 4. The maximum atomic E-state index is 12.4. The molecule has 1 aliphatic rings. The van der Waals surface area contributed by atoms with E-state index in [1.165, 1.54) is 0 Å². The molecule has 1 saturated carbocycles. The second-order valence-corrected chi connectivity index (χ2v) is 7.71. The molecule has 0 bridgehead atoms. The molecule has 0 unspecified atom stereocenters. The summed E-state index contributed by atoms with van der Waals surface area (Å²) in [5, 5.41) is 9.65. The number of aliphatic hydroxyl groups excluding tert-OH is 1. The Hall–Kier alpha value is -1.11. The number of benzene rings is 1. The summed E-state index contributed by atoms with van der Waals surface area (Å²) in [7, 11) is -3.56. The molecular weight excluding hydrogens is 302 g/mol. The lowest BCUT2D eigenvalue weighted by Crippen LogP contribution is -2.41. The van der Waals surface area contributed by atoms with Crippen molar-refractivity contribution in [1.29, 1.82) is 0 Å². The fourth-order valence-corrected chi connectivity index (χ4v) is 4.06. The predicted molar refractivity (Wildman–Crippen MR) is 85.4 cm³/mol. The minimum absolute atomic E-state index is 0.0266. The van der Waals surface area contributed by atoms with Crippen molar-refractivity contribution in [2.45, 2.75) is 43.9 Å². The molecule has 0 spiro atoms. The first-order valence-electron chi connectivity index (χ1n) is 7.85. The Balaban J connectivity index is 2.03. The Morgan fingerprint density at radius 2 is 1.82 bits per heavy atom. The van der Waals surface area contributed by atoms with E-state index in [4.69, 9.17) is 4.74 Å². The number of sulfonamides is 1. The third-order valence-electron chi connectivity index (χ3n) is 4.33. The molecule has 5 nitrogen and oxygen atoms in total. The van der Waals surface area contributed by atoms with E-state index in [1.807, 2.05) is 6.92 Å². The third kappa shape index (κ3) is 4.21. The number of nitrogens with one attached hydrogen (secondary N) is 1. The van der Waals surface area contributed by atoms with Gasteiger partial charge in [0, 0.05) is 18.6 Å². The summed E-state index contributed by atoms with van der Waals surface area (Å²) in [6, 6.07) is 6.39. The molecule has 0 amide bonds. The van der Waals surface area contributed by atoms with Gasteiger partial charge >= 0.3 is 0 Å². The van der Waals surface area contributed by atoms with E-state index in [0.29, 0.717) is 18.9 Å². The van der Waals surface area contributed by atoms with Crippen molar-refractivity contribution in [2.75, 3.05) is 19.8 Å². The van der Waals surface area contributed by atoms with Crippen LogP contribution in [0.5, 0.6) is 5.75 Å². The lowest BCUT2D eigenvalue weighted by molar-refractivity contribution is 0.0867. The number of rotatable bonds is 7. The summed E-state index contributed by atoms with van der Waals surface area (Å²) in [5.41, 5.74) is -0.309. The molecule has 6 heteroatoms. The molecular formula is C16H25NO4S. The molecule has 1 aromatic carbocycles. The molecule has 0 saturated heterocycles. The molecule has 0 aliphatic heterocycles. The van der Waals surface area contributed by atoms with Crippen molar-refractivity contribution in [3.63, 3.8) is 0 Å². The third-order valence-corrected chi connectivity index (χ3v) is 5.75. The van der Waals surface area contributed by atoms with Gasteiger partial charge in [-0.15, -0.1) is 0 Å². The van der Waals surface area contributed by atoms with Gasteiger partial charge in [-0.05, 0) is 44.0 Å². The van der Waals surface area contributed by atoms with E-state index in [-0.39, 0.29) is 16.9 Å². The monoisotopic (exact) mass is 327 g/mol. The van der Waals surface area contributed by atoms with Gasteiger partial charge in [-0.1, -0.05) is 19.3 Å². The molecule has 0 radical (unpaired) electrons. The minimum atomic E-state index is -3.56. The van der Waals surface area contributed by atoms with Crippen LogP contribution in [0.3, 0.4) is 0 Å². The zero-order valence-electron chi connectivity index (χ0n) is 13.0.